The molecule has 4 heteroatoms. The number of nitrogens with one attached hydrogen (secondary N) is 1. The van der Waals surface area contributed by atoms with Gasteiger partial charge in [0.2, 0.25) is 5.91 Å². The van der Waals surface area contributed by atoms with Crippen molar-refractivity contribution in [1.82, 2.24) is 5.32 Å². The van der Waals surface area contributed by atoms with Crippen LogP contribution in [0.25, 0.3) is 0 Å². The van der Waals surface area contributed by atoms with Crippen LogP contribution < -0.4 is 5.32 Å². The highest BCUT2D eigenvalue weighted by molar-refractivity contribution is 5.77. The lowest BCUT2D eigenvalue weighted by Crippen LogP contribution is -2.44. The number of carbonyl (C=O) groups excluding carboxylic acids is 1. The van der Waals surface area contributed by atoms with Crippen LogP contribution in [-0.2, 0) is 4.79 Å². The molecule has 3 N–H and O–H groups in total. The van der Waals surface area contributed by atoms with Gasteiger partial charge < -0.3 is 15.5 Å². The van der Waals surface area contributed by atoms with Gasteiger partial charge in [-0.05, 0) is 70.6 Å². The van der Waals surface area contributed by atoms with Crippen molar-refractivity contribution in [1.29, 1.82) is 0 Å². The standard InChI is InChI=1S/C37H59NO3/c1-3-5-7-9-11-13-15-17-19-21-23-25-27-29-31-33-37(41)38-35(34-39)36(40)32-30-28-26-24-22-20-18-16-14-12-10-8-6-4-2/h5,7,11,13-14,16-17,19,22-25,29-32,35-36,39-40H,3-4,6,8-10,12,15,18,20-21,26-28,33-34H2,1-2H3,(H,38,41)/b7-5-,13-11-,16-14+,19-17-,24-22+,25-23-,31-29-,32-30+. The zero-order chi connectivity index (χ0) is 30.1. The predicted octanol–water partition coefficient (Wildman–Crippen LogP) is 9.17. The number of allylic oxidation sites excluding steroid dienone is 14. The zero-order valence-corrected chi connectivity index (χ0v) is 26.0. The van der Waals surface area contributed by atoms with E-state index in [1.165, 1.54) is 32.1 Å². The van der Waals surface area contributed by atoms with Crippen molar-refractivity contribution in [2.75, 3.05) is 6.61 Å². The van der Waals surface area contributed by atoms with Crippen molar-refractivity contribution < 1.29 is 15.0 Å². The lowest BCUT2D eigenvalue weighted by molar-refractivity contribution is -0.122. The van der Waals surface area contributed by atoms with E-state index in [9.17, 15) is 15.0 Å². The van der Waals surface area contributed by atoms with Gasteiger partial charge in [-0.1, -0.05) is 130 Å². The Morgan fingerprint density at radius 2 is 1.10 bits per heavy atom. The second-order valence-corrected chi connectivity index (χ2v) is 10.1. The van der Waals surface area contributed by atoms with Crippen molar-refractivity contribution in [3.8, 4) is 0 Å². The number of carbonyl (C=O) groups is 1. The molecule has 0 saturated heterocycles. The van der Waals surface area contributed by atoms with Gasteiger partial charge in [-0.25, -0.2) is 0 Å². The van der Waals surface area contributed by atoms with Crippen molar-refractivity contribution in [2.45, 2.75) is 122 Å². The quantitative estimate of drug-likeness (QED) is 0.0723. The Morgan fingerprint density at radius 3 is 1.61 bits per heavy atom. The lowest BCUT2D eigenvalue weighted by atomic mass is 10.1. The van der Waals surface area contributed by atoms with Gasteiger partial charge in [0.25, 0.3) is 0 Å². The maximum atomic E-state index is 12.2. The Morgan fingerprint density at radius 1 is 0.610 bits per heavy atom. The highest BCUT2D eigenvalue weighted by Gasteiger charge is 2.17. The maximum absolute atomic E-state index is 12.2. The summed E-state index contributed by atoms with van der Waals surface area (Å²) in [6.07, 6.45) is 47.8. The van der Waals surface area contributed by atoms with E-state index in [1.807, 2.05) is 18.2 Å². The van der Waals surface area contributed by atoms with Crippen LogP contribution in [0, 0.1) is 0 Å². The van der Waals surface area contributed by atoms with E-state index in [2.05, 4.69) is 92.1 Å². The van der Waals surface area contributed by atoms with Gasteiger partial charge in [0.1, 0.15) is 0 Å². The molecule has 0 aromatic carbocycles. The first kappa shape index (κ1) is 38.3. The van der Waals surface area contributed by atoms with Crippen LogP contribution in [0.15, 0.2) is 97.2 Å². The van der Waals surface area contributed by atoms with Crippen LogP contribution in [0.3, 0.4) is 0 Å². The van der Waals surface area contributed by atoms with Crippen LogP contribution in [0.2, 0.25) is 0 Å². The Kier molecular flexibility index (Phi) is 29.7. The van der Waals surface area contributed by atoms with Crippen LogP contribution >= 0.6 is 0 Å². The monoisotopic (exact) mass is 565 g/mol. The SMILES string of the molecule is CC/C=C\C/C=C\C/C=C\C/C=C\C/C=C\CC(=O)NC(CO)C(O)/C=C/CC/C=C/CC/C=C/CCCCCC. The number of hydrogen-bond donors (Lipinski definition) is 3. The molecule has 0 saturated carbocycles. The molecule has 2 atom stereocenters. The van der Waals surface area contributed by atoms with Gasteiger partial charge >= 0.3 is 0 Å². The first-order valence-electron chi connectivity index (χ1n) is 16.0. The van der Waals surface area contributed by atoms with Gasteiger partial charge in [0.15, 0.2) is 0 Å². The summed E-state index contributed by atoms with van der Waals surface area (Å²) in [7, 11) is 0. The number of aliphatic hydroxyl groups excluding tert-OH is 2. The Hall–Kier alpha value is -2.69. The molecular formula is C37H59NO3. The van der Waals surface area contributed by atoms with E-state index in [-0.39, 0.29) is 18.9 Å². The van der Waals surface area contributed by atoms with Crippen molar-refractivity contribution in [3.63, 3.8) is 0 Å². The Labute approximate surface area is 252 Å². The fraction of sp³-hybridized carbons (Fsp3) is 0.541. The molecule has 0 bridgehead atoms. The molecule has 0 aromatic rings. The van der Waals surface area contributed by atoms with Crippen LogP contribution in [0.1, 0.15) is 110 Å². The third kappa shape index (κ3) is 28.6. The minimum atomic E-state index is -0.913. The van der Waals surface area contributed by atoms with Gasteiger partial charge in [-0.3, -0.25) is 4.79 Å². The fourth-order valence-corrected chi connectivity index (χ4v) is 3.86. The third-order valence-corrected chi connectivity index (χ3v) is 6.31. The molecule has 0 aliphatic rings. The second-order valence-electron chi connectivity index (χ2n) is 10.1. The van der Waals surface area contributed by atoms with Gasteiger partial charge in [0.05, 0.1) is 18.8 Å². The molecule has 0 heterocycles. The molecule has 0 aromatic heterocycles. The highest BCUT2D eigenvalue weighted by atomic mass is 16.3. The van der Waals surface area contributed by atoms with Crippen molar-refractivity contribution >= 4 is 5.91 Å². The van der Waals surface area contributed by atoms with Gasteiger partial charge in [-0.2, -0.15) is 0 Å². The smallest absolute Gasteiger partial charge is 0.224 e. The number of hydrogen-bond acceptors (Lipinski definition) is 3. The molecule has 4 nitrogen and oxygen atoms in total. The largest absolute Gasteiger partial charge is 0.394 e. The summed E-state index contributed by atoms with van der Waals surface area (Å²) in [6, 6.07) is -0.703. The topological polar surface area (TPSA) is 69.6 Å². The summed E-state index contributed by atoms with van der Waals surface area (Å²) in [5, 5.41) is 22.6. The Balaban J connectivity index is 3.97. The first-order chi connectivity index (χ1) is 20.2. The van der Waals surface area contributed by atoms with Gasteiger partial charge in [0, 0.05) is 6.42 Å². The van der Waals surface area contributed by atoms with E-state index in [4.69, 9.17) is 0 Å². The lowest BCUT2D eigenvalue weighted by Gasteiger charge is -2.19. The molecule has 0 aliphatic carbocycles. The summed E-state index contributed by atoms with van der Waals surface area (Å²) in [6.45, 7) is 4.07. The second kappa shape index (κ2) is 31.8. The number of aliphatic hydroxyl groups is 2. The zero-order valence-electron chi connectivity index (χ0n) is 26.0. The van der Waals surface area contributed by atoms with Crippen molar-refractivity contribution in [3.05, 3.63) is 97.2 Å². The van der Waals surface area contributed by atoms with Crippen LogP contribution in [0.5, 0.6) is 0 Å². The summed E-state index contributed by atoms with van der Waals surface area (Å²) in [4.78, 5) is 12.2. The van der Waals surface area contributed by atoms with E-state index in [1.54, 1.807) is 6.08 Å². The van der Waals surface area contributed by atoms with Crippen LogP contribution in [0.4, 0.5) is 0 Å². The minimum absolute atomic E-state index is 0.212. The summed E-state index contributed by atoms with van der Waals surface area (Å²) in [5.74, 6) is -0.212. The normalized spacial score (nSPS) is 14.5. The van der Waals surface area contributed by atoms with Crippen LogP contribution in [-0.4, -0.2) is 34.9 Å². The summed E-state index contributed by atoms with van der Waals surface area (Å²) >= 11 is 0. The highest BCUT2D eigenvalue weighted by Crippen LogP contribution is 2.05. The molecule has 230 valence electrons. The average Bonchev–Trinajstić information content (AvgIpc) is 2.97. The van der Waals surface area contributed by atoms with E-state index in [0.29, 0.717) is 0 Å². The number of amides is 1. The molecule has 0 spiro atoms. The molecule has 41 heavy (non-hydrogen) atoms. The molecule has 1 amide bonds. The minimum Gasteiger partial charge on any atom is -0.394 e. The summed E-state index contributed by atoms with van der Waals surface area (Å²) < 4.78 is 0. The molecular weight excluding hydrogens is 506 g/mol. The molecule has 0 fully saturated rings. The average molecular weight is 566 g/mol. The maximum Gasteiger partial charge on any atom is 0.224 e. The van der Waals surface area contributed by atoms with E-state index in [0.717, 1.165) is 57.8 Å². The number of rotatable bonds is 26. The van der Waals surface area contributed by atoms with E-state index < -0.39 is 12.1 Å². The third-order valence-electron chi connectivity index (χ3n) is 6.31. The molecule has 0 aliphatic heterocycles. The van der Waals surface area contributed by atoms with E-state index >= 15 is 0 Å². The first-order valence-corrected chi connectivity index (χ1v) is 16.0. The molecule has 0 rings (SSSR count). The number of unbranched alkanes of at least 4 members (excludes halogenated alkanes) is 6. The predicted molar refractivity (Wildman–Crippen MR) is 179 cm³/mol. The van der Waals surface area contributed by atoms with Crippen molar-refractivity contribution in [2.24, 2.45) is 0 Å². The molecule has 0 radical (unpaired) electrons. The Bertz CT molecular complexity index is 829. The molecule has 2 unspecified atom stereocenters. The summed E-state index contributed by atoms with van der Waals surface area (Å²) in [5.41, 5.74) is 0. The van der Waals surface area contributed by atoms with Gasteiger partial charge in [-0.15, -0.1) is 0 Å². The fourth-order valence-electron chi connectivity index (χ4n) is 3.86.